The van der Waals surface area contributed by atoms with E-state index in [1.807, 2.05) is 55.2 Å². The van der Waals surface area contributed by atoms with Gasteiger partial charge in [0.25, 0.3) is 0 Å². The number of carbonyl (C=O) groups excluding carboxylic acids is 1. The average molecular weight is 396 g/mol. The van der Waals surface area contributed by atoms with Gasteiger partial charge < -0.3 is 13.7 Å². The quantitative estimate of drug-likeness (QED) is 0.461. The van der Waals surface area contributed by atoms with Gasteiger partial charge in [0.2, 0.25) is 0 Å². The van der Waals surface area contributed by atoms with Gasteiger partial charge in [0.1, 0.15) is 17.4 Å². The van der Waals surface area contributed by atoms with E-state index in [1.54, 1.807) is 17.1 Å². The molecule has 0 radical (unpaired) electrons. The summed E-state index contributed by atoms with van der Waals surface area (Å²) in [6.45, 7) is 4.60. The molecule has 0 spiro atoms. The molecular weight excluding hydrogens is 376 g/mol. The molecule has 4 aromatic heterocycles. The summed E-state index contributed by atoms with van der Waals surface area (Å²) in [6.07, 6.45) is 5.32. The predicted molar refractivity (Wildman–Crippen MR) is 105 cm³/mol. The Kier molecular flexibility index (Phi) is 4.87. The Balaban J connectivity index is 1.44. The topological polar surface area (TPSA) is 75.1 Å². The fourth-order valence-electron chi connectivity index (χ4n) is 3.06. The Morgan fingerprint density at radius 2 is 2.21 bits per heavy atom. The van der Waals surface area contributed by atoms with Crippen LogP contribution in [0.5, 0.6) is 0 Å². The lowest BCUT2D eigenvalue weighted by Crippen LogP contribution is -2.08. The van der Waals surface area contributed by atoms with Gasteiger partial charge in [-0.25, -0.2) is 9.78 Å². The molecule has 0 atom stereocenters. The van der Waals surface area contributed by atoms with Crippen LogP contribution < -0.4 is 0 Å². The van der Waals surface area contributed by atoms with Gasteiger partial charge in [0.05, 0.1) is 30.3 Å². The Labute approximate surface area is 166 Å². The van der Waals surface area contributed by atoms with Crippen LogP contribution in [0, 0.1) is 13.8 Å². The highest BCUT2D eigenvalue weighted by atomic mass is 32.1. The van der Waals surface area contributed by atoms with E-state index >= 15 is 0 Å². The van der Waals surface area contributed by atoms with Crippen LogP contribution in [-0.2, 0) is 24.9 Å². The maximum Gasteiger partial charge on any atom is 0.340 e. The Morgan fingerprint density at radius 1 is 1.36 bits per heavy atom. The maximum absolute atomic E-state index is 12.6. The normalized spacial score (nSPS) is 11.1. The minimum absolute atomic E-state index is 0.136. The van der Waals surface area contributed by atoms with Crippen molar-refractivity contribution in [2.45, 2.75) is 27.0 Å². The number of rotatable bonds is 6. The Hall–Kier alpha value is -3.13. The van der Waals surface area contributed by atoms with E-state index in [4.69, 9.17) is 9.15 Å². The Bertz CT molecular complexity index is 1100. The standard InChI is InChI=1S/C20H20N4O3S/c1-13-7-18(14(2)24(13)10-17-5-4-6-26-17)20(25)27-11-16-12-28-19(22-16)15-8-21-23(3)9-15/h4-9,12H,10-11H2,1-3H3. The summed E-state index contributed by atoms with van der Waals surface area (Å²) in [5.41, 5.74) is 4.07. The van der Waals surface area contributed by atoms with E-state index in [-0.39, 0.29) is 12.6 Å². The molecule has 7 nitrogen and oxygen atoms in total. The molecule has 0 unspecified atom stereocenters. The van der Waals surface area contributed by atoms with Crippen molar-refractivity contribution in [1.29, 1.82) is 0 Å². The first-order chi connectivity index (χ1) is 13.5. The van der Waals surface area contributed by atoms with Crippen LogP contribution >= 0.6 is 11.3 Å². The van der Waals surface area contributed by atoms with Crippen LogP contribution in [0.15, 0.2) is 46.7 Å². The van der Waals surface area contributed by atoms with Crippen LogP contribution in [-0.4, -0.2) is 25.3 Å². The summed E-state index contributed by atoms with van der Waals surface area (Å²) in [6, 6.07) is 5.62. The van der Waals surface area contributed by atoms with Crippen molar-refractivity contribution >= 4 is 17.3 Å². The van der Waals surface area contributed by atoms with Gasteiger partial charge >= 0.3 is 5.97 Å². The maximum atomic E-state index is 12.6. The van der Waals surface area contributed by atoms with Gasteiger partial charge in [-0.3, -0.25) is 4.68 Å². The van der Waals surface area contributed by atoms with Crippen molar-refractivity contribution in [2.24, 2.45) is 7.05 Å². The van der Waals surface area contributed by atoms with Gasteiger partial charge in [-0.2, -0.15) is 5.10 Å². The van der Waals surface area contributed by atoms with Gasteiger partial charge in [-0.05, 0) is 32.0 Å². The molecular formula is C20H20N4O3S. The van der Waals surface area contributed by atoms with Crippen LogP contribution in [0.2, 0.25) is 0 Å². The van der Waals surface area contributed by atoms with E-state index in [0.717, 1.165) is 33.4 Å². The predicted octanol–water partition coefficient (Wildman–Crippen LogP) is 3.96. The fraction of sp³-hybridized carbons (Fsp3) is 0.250. The third-order valence-corrected chi connectivity index (χ3v) is 5.48. The van der Waals surface area contributed by atoms with Crippen molar-refractivity contribution < 1.29 is 13.9 Å². The minimum Gasteiger partial charge on any atom is -0.467 e. The second-order valence-corrected chi connectivity index (χ2v) is 7.43. The zero-order chi connectivity index (χ0) is 19.7. The van der Waals surface area contributed by atoms with Gasteiger partial charge in [0.15, 0.2) is 0 Å². The number of esters is 1. The highest BCUT2D eigenvalue weighted by Gasteiger charge is 2.18. The first-order valence-electron chi connectivity index (χ1n) is 8.81. The molecule has 0 amide bonds. The molecule has 28 heavy (non-hydrogen) atoms. The van der Waals surface area contributed by atoms with Gasteiger partial charge in [-0.1, -0.05) is 0 Å². The van der Waals surface area contributed by atoms with E-state index < -0.39 is 0 Å². The monoisotopic (exact) mass is 396 g/mol. The summed E-state index contributed by atoms with van der Waals surface area (Å²) in [4.78, 5) is 17.1. The molecule has 8 heteroatoms. The molecule has 0 bridgehead atoms. The van der Waals surface area contributed by atoms with E-state index in [9.17, 15) is 4.79 Å². The molecule has 0 saturated carbocycles. The third-order valence-electron chi connectivity index (χ3n) is 4.54. The number of furan rings is 1. The lowest BCUT2D eigenvalue weighted by atomic mass is 10.2. The molecule has 0 saturated heterocycles. The zero-order valence-electron chi connectivity index (χ0n) is 15.9. The first-order valence-corrected chi connectivity index (χ1v) is 9.69. The number of aryl methyl sites for hydroxylation is 2. The second-order valence-electron chi connectivity index (χ2n) is 6.57. The molecule has 0 aliphatic rings. The second kappa shape index (κ2) is 7.47. The highest BCUT2D eigenvalue weighted by molar-refractivity contribution is 7.13. The molecule has 0 aliphatic heterocycles. The van der Waals surface area contributed by atoms with E-state index in [1.165, 1.54) is 11.3 Å². The molecule has 4 rings (SSSR count). The van der Waals surface area contributed by atoms with Crippen molar-refractivity contribution in [2.75, 3.05) is 0 Å². The molecule has 4 aromatic rings. The number of thiazole rings is 1. The van der Waals surface area contributed by atoms with E-state index in [2.05, 4.69) is 10.1 Å². The lowest BCUT2D eigenvalue weighted by Gasteiger charge is -2.08. The lowest BCUT2D eigenvalue weighted by molar-refractivity contribution is 0.0467. The largest absolute Gasteiger partial charge is 0.467 e. The summed E-state index contributed by atoms with van der Waals surface area (Å²) in [7, 11) is 1.86. The summed E-state index contributed by atoms with van der Waals surface area (Å²) < 4.78 is 14.7. The smallest absolute Gasteiger partial charge is 0.340 e. The summed E-state index contributed by atoms with van der Waals surface area (Å²) in [5.74, 6) is 0.488. The van der Waals surface area contributed by atoms with Crippen molar-refractivity contribution in [3.05, 3.63) is 70.6 Å². The third kappa shape index (κ3) is 3.63. The number of ether oxygens (including phenoxy) is 1. The van der Waals surface area contributed by atoms with Crippen LogP contribution in [0.3, 0.4) is 0 Å². The average Bonchev–Trinajstić information content (AvgIpc) is 3.45. The number of hydrogen-bond acceptors (Lipinski definition) is 6. The van der Waals surface area contributed by atoms with Gasteiger partial charge in [-0.15, -0.1) is 11.3 Å². The number of nitrogens with zero attached hydrogens (tertiary/aromatic N) is 4. The van der Waals surface area contributed by atoms with Crippen molar-refractivity contribution in [1.82, 2.24) is 19.3 Å². The van der Waals surface area contributed by atoms with Crippen LogP contribution in [0.25, 0.3) is 10.6 Å². The van der Waals surface area contributed by atoms with Crippen LogP contribution in [0.4, 0.5) is 0 Å². The molecule has 0 fully saturated rings. The minimum atomic E-state index is -0.352. The van der Waals surface area contributed by atoms with Gasteiger partial charge in [0, 0.05) is 35.6 Å². The van der Waals surface area contributed by atoms with E-state index in [0.29, 0.717) is 12.1 Å². The summed E-state index contributed by atoms with van der Waals surface area (Å²) in [5, 5.41) is 6.91. The summed E-state index contributed by atoms with van der Waals surface area (Å²) >= 11 is 1.50. The SMILES string of the molecule is Cc1cc(C(=O)OCc2csc(-c3cnn(C)c3)n2)c(C)n1Cc1ccco1. The number of hydrogen-bond donors (Lipinski definition) is 0. The molecule has 4 heterocycles. The molecule has 0 aliphatic carbocycles. The molecule has 144 valence electrons. The van der Waals surface area contributed by atoms with Crippen molar-refractivity contribution in [3.8, 4) is 10.6 Å². The van der Waals surface area contributed by atoms with Crippen LogP contribution in [0.1, 0.15) is 33.2 Å². The number of aromatic nitrogens is 4. The Morgan fingerprint density at radius 3 is 2.93 bits per heavy atom. The number of carbonyl (C=O) groups is 1. The zero-order valence-corrected chi connectivity index (χ0v) is 16.7. The highest BCUT2D eigenvalue weighted by Crippen LogP contribution is 2.24. The fourth-order valence-corrected chi connectivity index (χ4v) is 3.84. The van der Waals surface area contributed by atoms with Crippen molar-refractivity contribution in [3.63, 3.8) is 0 Å². The molecule has 0 N–H and O–H groups in total. The first kappa shape index (κ1) is 18.2. The molecule has 0 aromatic carbocycles.